The van der Waals surface area contributed by atoms with Crippen molar-refractivity contribution in [3.05, 3.63) is 78.4 Å². The number of carbonyl (C=O) groups is 2. The fourth-order valence-corrected chi connectivity index (χ4v) is 2.98. The van der Waals surface area contributed by atoms with Gasteiger partial charge in [-0.3, -0.25) is 9.59 Å². The molecule has 0 saturated heterocycles. The van der Waals surface area contributed by atoms with Crippen LogP contribution in [-0.4, -0.2) is 25.3 Å². The molecule has 1 amide bonds. The Morgan fingerprint density at radius 2 is 1.59 bits per heavy atom. The van der Waals surface area contributed by atoms with E-state index in [0.29, 0.717) is 17.2 Å². The summed E-state index contributed by atoms with van der Waals surface area (Å²) < 4.78 is 15.6. The first-order chi connectivity index (χ1) is 14.2. The lowest BCUT2D eigenvalue weighted by Crippen LogP contribution is -2.21. The van der Waals surface area contributed by atoms with Crippen LogP contribution in [0.2, 0.25) is 0 Å². The zero-order valence-corrected chi connectivity index (χ0v) is 15.6. The molecule has 0 atom stereocenters. The summed E-state index contributed by atoms with van der Waals surface area (Å²) in [5, 5.41) is 2.66. The van der Waals surface area contributed by atoms with Crippen LogP contribution in [0.5, 0.6) is 11.5 Å². The van der Waals surface area contributed by atoms with Crippen LogP contribution in [0.25, 0.3) is 11.1 Å². The van der Waals surface area contributed by atoms with Crippen LogP contribution >= 0.6 is 0 Å². The van der Waals surface area contributed by atoms with Crippen molar-refractivity contribution < 1.29 is 23.8 Å². The van der Waals surface area contributed by atoms with E-state index >= 15 is 0 Å². The highest BCUT2D eigenvalue weighted by atomic mass is 16.7. The molecule has 1 aliphatic rings. The average Bonchev–Trinajstić information content (AvgIpc) is 3.21. The molecule has 4 rings (SSSR count). The molecule has 1 aliphatic heterocycles. The van der Waals surface area contributed by atoms with Crippen molar-refractivity contribution in [1.29, 1.82) is 0 Å². The molecular weight excluding hydrogens is 370 g/mol. The zero-order valence-electron chi connectivity index (χ0n) is 15.6. The third-order valence-electron chi connectivity index (χ3n) is 4.43. The van der Waals surface area contributed by atoms with Gasteiger partial charge in [0.15, 0.2) is 18.1 Å². The van der Waals surface area contributed by atoms with Gasteiger partial charge in [0.1, 0.15) is 0 Å². The van der Waals surface area contributed by atoms with Crippen LogP contribution in [-0.2, 0) is 20.7 Å². The predicted octanol–water partition coefficient (Wildman–Crippen LogP) is 3.81. The maximum Gasteiger partial charge on any atom is 0.310 e. The molecule has 0 bridgehead atoms. The van der Waals surface area contributed by atoms with Gasteiger partial charge in [-0.05, 0) is 28.8 Å². The molecule has 29 heavy (non-hydrogen) atoms. The quantitative estimate of drug-likeness (QED) is 0.649. The normalized spacial score (nSPS) is 11.7. The number of benzene rings is 3. The summed E-state index contributed by atoms with van der Waals surface area (Å²) in [4.78, 5) is 24.0. The topological polar surface area (TPSA) is 73.9 Å². The van der Waals surface area contributed by atoms with E-state index in [0.717, 1.165) is 16.7 Å². The van der Waals surface area contributed by atoms with Crippen LogP contribution in [0, 0.1) is 0 Å². The maximum absolute atomic E-state index is 12.0. The minimum atomic E-state index is -0.460. The summed E-state index contributed by atoms with van der Waals surface area (Å²) in [5.74, 6) is 0.321. The summed E-state index contributed by atoms with van der Waals surface area (Å²) >= 11 is 0. The van der Waals surface area contributed by atoms with E-state index in [2.05, 4.69) is 5.32 Å². The minimum Gasteiger partial charge on any atom is -0.455 e. The van der Waals surface area contributed by atoms with Gasteiger partial charge >= 0.3 is 5.97 Å². The van der Waals surface area contributed by atoms with E-state index in [9.17, 15) is 9.59 Å². The first-order valence-corrected chi connectivity index (χ1v) is 9.17. The lowest BCUT2D eigenvalue weighted by Gasteiger charge is -2.08. The standard InChI is InChI=1S/C23H19NO5/c25-22(24-19-10-11-20-21(13-19)29-15-28-20)14-27-23(26)12-16-6-8-18(9-7-16)17-4-2-1-3-5-17/h1-11,13H,12,14-15H2,(H,24,25). The Kier molecular flexibility index (Phi) is 5.42. The number of amides is 1. The second-order valence-electron chi connectivity index (χ2n) is 6.52. The van der Waals surface area contributed by atoms with E-state index in [1.807, 2.05) is 54.6 Å². The second-order valence-corrected chi connectivity index (χ2v) is 6.52. The fourth-order valence-electron chi connectivity index (χ4n) is 2.98. The summed E-state index contributed by atoms with van der Waals surface area (Å²) in [7, 11) is 0. The molecule has 6 nitrogen and oxygen atoms in total. The molecule has 0 saturated carbocycles. The number of hydrogen-bond acceptors (Lipinski definition) is 5. The molecule has 3 aromatic rings. The Labute approximate surface area is 168 Å². The summed E-state index contributed by atoms with van der Waals surface area (Å²) in [6.07, 6.45) is 0.104. The van der Waals surface area contributed by atoms with E-state index in [-0.39, 0.29) is 19.8 Å². The van der Waals surface area contributed by atoms with Crippen LogP contribution in [0.4, 0.5) is 5.69 Å². The molecule has 0 fully saturated rings. The molecule has 146 valence electrons. The zero-order chi connectivity index (χ0) is 20.1. The van der Waals surface area contributed by atoms with Crippen molar-refractivity contribution >= 4 is 17.6 Å². The molecular formula is C23H19NO5. The van der Waals surface area contributed by atoms with Gasteiger partial charge in [0.05, 0.1) is 6.42 Å². The molecule has 1 N–H and O–H groups in total. The molecule has 0 unspecified atom stereocenters. The summed E-state index contributed by atoms with van der Waals surface area (Å²) in [5.41, 5.74) is 3.56. The Balaban J connectivity index is 1.26. The minimum absolute atomic E-state index is 0.104. The van der Waals surface area contributed by atoms with Crippen molar-refractivity contribution in [3.8, 4) is 22.6 Å². The Morgan fingerprint density at radius 3 is 2.38 bits per heavy atom. The van der Waals surface area contributed by atoms with E-state index < -0.39 is 11.9 Å². The SMILES string of the molecule is O=C(COC(=O)Cc1ccc(-c2ccccc2)cc1)Nc1ccc2c(c1)OCO2. The van der Waals surface area contributed by atoms with Gasteiger partial charge in [-0.15, -0.1) is 0 Å². The highest BCUT2D eigenvalue weighted by Gasteiger charge is 2.15. The van der Waals surface area contributed by atoms with E-state index in [4.69, 9.17) is 14.2 Å². The van der Waals surface area contributed by atoms with Crippen molar-refractivity contribution in [3.63, 3.8) is 0 Å². The number of hydrogen-bond donors (Lipinski definition) is 1. The third kappa shape index (κ3) is 4.73. The summed E-state index contributed by atoms with van der Waals surface area (Å²) in [6.45, 7) is -0.188. The number of rotatable bonds is 6. The highest BCUT2D eigenvalue weighted by Crippen LogP contribution is 2.34. The van der Waals surface area contributed by atoms with Gasteiger partial charge < -0.3 is 19.5 Å². The Morgan fingerprint density at radius 1 is 0.862 bits per heavy atom. The number of nitrogens with one attached hydrogen (secondary N) is 1. The van der Waals surface area contributed by atoms with Crippen molar-refractivity contribution in [2.45, 2.75) is 6.42 Å². The van der Waals surface area contributed by atoms with Gasteiger partial charge in [-0.25, -0.2) is 0 Å². The first-order valence-electron chi connectivity index (χ1n) is 9.17. The molecule has 0 spiro atoms. The van der Waals surface area contributed by atoms with Gasteiger partial charge in [0.2, 0.25) is 6.79 Å². The molecule has 3 aromatic carbocycles. The lowest BCUT2D eigenvalue weighted by molar-refractivity contribution is -0.146. The number of carbonyl (C=O) groups excluding carboxylic acids is 2. The maximum atomic E-state index is 12.0. The Bertz CT molecular complexity index is 1020. The molecule has 0 radical (unpaired) electrons. The van der Waals surface area contributed by atoms with Crippen molar-refractivity contribution in [1.82, 2.24) is 0 Å². The Hall–Kier alpha value is -3.80. The van der Waals surface area contributed by atoms with Gasteiger partial charge in [-0.2, -0.15) is 0 Å². The monoisotopic (exact) mass is 389 g/mol. The molecule has 0 aromatic heterocycles. The third-order valence-corrected chi connectivity index (χ3v) is 4.43. The van der Waals surface area contributed by atoms with E-state index in [1.54, 1.807) is 18.2 Å². The first kappa shape index (κ1) is 18.6. The average molecular weight is 389 g/mol. The second kappa shape index (κ2) is 8.48. The van der Waals surface area contributed by atoms with Gasteiger partial charge in [0.25, 0.3) is 5.91 Å². The van der Waals surface area contributed by atoms with Crippen LogP contribution < -0.4 is 14.8 Å². The van der Waals surface area contributed by atoms with Crippen molar-refractivity contribution in [2.75, 3.05) is 18.7 Å². The smallest absolute Gasteiger partial charge is 0.310 e. The van der Waals surface area contributed by atoms with Crippen LogP contribution in [0.3, 0.4) is 0 Å². The largest absolute Gasteiger partial charge is 0.455 e. The predicted molar refractivity (Wildman–Crippen MR) is 108 cm³/mol. The number of fused-ring (bicyclic) bond motifs is 1. The summed E-state index contributed by atoms with van der Waals surface area (Å²) in [6, 6.07) is 22.8. The molecule has 0 aliphatic carbocycles. The van der Waals surface area contributed by atoms with Gasteiger partial charge in [0, 0.05) is 11.8 Å². The number of esters is 1. The lowest BCUT2D eigenvalue weighted by atomic mass is 10.0. The van der Waals surface area contributed by atoms with Crippen LogP contribution in [0.15, 0.2) is 72.8 Å². The highest BCUT2D eigenvalue weighted by molar-refractivity contribution is 5.93. The van der Waals surface area contributed by atoms with Crippen molar-refractivity contribution in [2.24, 2.45) is 0 Å². The molecule has 6 heteroatoms. The number of ether oxygens (including phenoxy) is 3. The van der Waals surface area contributed by atoms with E-state index in [1.165, 1.54) is 0 Å². The van der Waals surface area contributed by atoms with Gasteiger partial charge in [-0.1, -0.05) is 54.6 Å². The fraction of sp³-hybridized carbons (Fsp3) is 0.130. The van der Waals surface area contributed by atoms with Crippen LogP contribution in [0.1, 0.15) is 5.56 Å². The molecule has 1 heterocycles. The number of anilines is 1.